The van der Waals surface area contributed by atoms with Crippen molar-refractivity contribution in [2.45, 2.75) is 6.10 Å². The van der Waals surface area contributed by atoms with Gasteiger partial charge in [0.15, 0.2) is 0 Å². The highest BCUT2D eigenvalue weighted by atomic mass is 32.1. The molecule has 5 heteroatoms. The molecular formula is C15H13NO3S. The van der Waals surface area contributed by atoms with Crippen molar-refractivity contribution in [3.05, 3.63) is 59.4 Å². The number of carbonyl (C=O) groups is 1. The normalized spacial score (nSPS) is 12.4. The fourth-order valence-electron chi connectivity index (χ4n) is 1.95. The van der Waals surface area contributed by atoms with E-state index in [1.54, 1.807) is 12.1 Å². The number of furan rings is 1. The summed E-state index contributed by atoms with van der Waals surface area (Å²) in [7, 11) is 0. The molecule has 0 aliphatic rings. The summed E-state index contributed by atoms with van der Waals surface area (Å²) in [6, 6.07) is 13.1. The number of aliphatic hydroxyl groups excluding tert-OH is 1. The molecule has 102 valence electrons. The molecule has 2 aromatic heterocycles. The second-order valence-corrected chi connectivity index (χ2v) is 5.47. The number of aliphatic hydroxyl groups is 1. The summed E-state index contributed by atoms with van der Waals surface area (Å²) in [5.74, 6) is 0.262. The number of fused-ring (bicyclic) bond motifs is 1. The van der Waals surface area contributed by atoms with Crippen LogP contribution in [0.2, 0.25) is 0 Å². The van der Waals surface area contributed by atoms with Crippen molar-refractivity contribution < 1.29 is 14.3 Å². The van der Waals surface area contributed by atoms with Crippen LogP contribution in [0.4, 0.5) is 0 Å². The maximum Gasteiger partial charge on any atom is 0.261 e. The number of hydrogen-bond acceptors (Lipinski definition) is 4. The first-order valence-corrected chi connectivity index (χ1v) is 7.04. The average Bonchev–Trinajstić information content (AvgIpc) is 3.12. The van der Waals surface area contributed by atoms with E-state index in [1.807, 2.05) is 30.3 Å². The Morgan fingerprint density at radius 2 is 2.15 bits per heavy atom. The van der Waals surface area contributed by atoms with E-state index in [0.29, 0.717) is 10.6 Å². The molecule has 3 rings (SSSR count). The van der Waals surface area contributed by atoms with Crippen LogP contribution in [-0.2, 0) is 0 Å². The van der Waals surface area contributed by atoms with Crippen LogP contribution in [0.1, 0.15) is 21.5 Å². The van der Waals surface area contributed by atoms with Gasteiger partial charge in [0.05, 0.1) is 17.7 Å². The third-order valence-corrected chi connectivity index (χ3v) is 4.09. The van der Waals surface area contributed by atoms with Crippen LogP contribution in [0, 0.1) is 0 Å². The Morgan fingerprint density at radius 3 is 2.90 bits per heavy atom. The van der Waals surface area contributed by atoms with Gasteiger partial charge >= 0.3 is 0 Å². The Labute approximate surface area is 119 Å². The molecule has 0 spiro atoms. The van der Waals surface area contributed by atoms with E-state index in [4.69, 9.17) is 4.42 Å². The van der Waals surface area contributed by atoms with Crippen LogP contribution in [0.5, 0.6) is 0 Å². The molecule has 3 aromatic rings. The van der Waals surface area contributed by atoms with Crippen molar-refractivity contribution in [1.29, 1.82) is 0 Å². The van der Waals surface area contributed by atoms with E-state index in [2.05, 4.69) is 5.32 Å². The first-order chi connectivity index (χ1) is 9.74. The lowest BCUT2D eigenvalue weighted by Crippen LogP contribution is -2.27. The summed E-state index contributed by atoms with van der Waals surface area (Å²) in [4.78, 5) is 12.7. The highest BCUT2D eigenvalue weighted by Crippen LogP contribution is 2.25. The summed E-state index contributed by atoms with van der Waals surface area (Å²) >= 11 is 1.44. The maximum absolute atomic E-state index is 12.0. The molecule has 1 atom stereocenters. The van der Waals surface area contributed by atoms with Crippen molar-refractivity contribution in [2.75, 3.05) is 6.54 Å². The first kappa shape index (κ1) is 12.9. The average molecular weight is 287 g/mol. The quantitative estimate of drug-likeness (QED) is 0.775. The molecule has 0 aliphatic heterocycles. The number of thiophene rings is 1. The van der Waals surface area contributed by atoms with Gasteiger partial charge in [-0.25, -0.2) is 0 Å². The molecule has 20 heavy (non-hydrogen) atoms. The Balaban J connectivity index is 1.67. The molecule has 4 nitrogen and oxygen atoms in total. The lowest BCUT2D eigenvalue weighted by atomic mass is 10.2. The molecule has 1 aromatic carbocycles. The number of carbonyl (C=O) groups excluding carboxylic acids is 1. The summed E-state index contributed by atoms with van der Waals surface area (Å²) in [6.45, 7) is 0.126. The maximum atomic E-state index is 12.0. The van der Waals surface area contributed by atoms with E-state index >= 15 is 0 Å². The van der Waals surface area contributed by atoms with E-state index in [0.717, 1.165) is 10.1 Å². The van der Waals surface area contributed by atoms with E-state index in [1.165, 1.54) is 17.6 Å². The highest BCUT2D eigenvalue weighted by Gasteiger charge is 2.14. The smallest absolute Gasteiger partial charge is 0.261 e. The molecule has 1 unspecified atom stereocenters. The second-order valence-electron chi connectivity index (χ2n) is 4.39. The van der Waals surface area contributed by atoms with Crippen molar-refractivity contribution in [3.8, 4) is 0 Å². The summed E-state index contributed by atoms with van der Waals surface area (Å²) in [5.41, 5.74) is 0. The lowest BCUT2D eigenvalue weighted by molar-refractivity contribution is 0.0905. The monoisotopic (exact) mass is 287 g/mol. The number of amides is 1. The summed E-state index contributed by atoms with van der Waals surface area (Å²) in [5, 5.41) is 13.6. The number of rotatable bonds is 4. The van der Waals surface area contributed by atoms with Gasteiger partial charge in [-0.15, -0.1) is 11.3 Å². The fraction of sp³-hybridized carbons (Fsp3) is 0.133. The van der Waals surface area contributed by atoms with Crippen LogP contribution in [-0.4, -0.2) is 17.6 Å². The molecule has 1 amide bonds. The largest absolute Gasteiger partial charge is 0.467 e. The van der Waals surface area contributed by atoms with Gasteiger partial charge in [0, 0.05) is 4.70 Å². The summed E-state index contributed by atoms with van der Waals surface area (Å²) in [6.07, 6.45) is 0.662. The van der Waals surface area contributed by atoms with E-state index in [9.17, 15) is 9.90 Å². The highest BCUT2D eigenvalue weighted by molar-refractivity contribution is 7.20. The summed E-state index contributed by atoms with van der Waals surface area (Å²) < 4.78 is 6.16. The van der Waals surface area contributed by atoms with Gasteiger partial charge in [-0.2, -0.15) is 0 Å². The molecule has 2 heterocycles. The van der Waals surface area contributed by atoms with Crippen LogP contribution in [0.25, 0.3) is 10.1 Å². The Kier molecular flexibility index (Phi) is 3.54. The Bertz CT molecular complexity index is 685. The minimum Gasteiger partial charge on any atom is -0.467 e. The SMILES string of the molecule is O=C(NCC(O)c1ccco1)c1cc2ccccc2s1. The van der Waals surface area contributed by atoms with Gasteiger partial charge in [-0.1, -0.05) is 18.2 Å². The molecule has 0 saturated carbocycles. The third kappa shape index (κ3) is 2.59. The number of nitrogens with one attached hydrogen (secondary N) is 1. The van der Waals surface area contributed by atoms with Crippen molar-refractivity contribution >= 4 is 27.3 Å². The lowest BCUT2D eigenvalue weighted by Gasteiger charge is -2.08. The van der Waals surface area contributed by atoms with Crippen LogP contribution in [0.3, 0.4) is 0 Å². The van der Waals surface area contributed by atoms with Crippen molar-refractivity contribution in [1.82, 2.24) is 5.32 Å². The van der Waals surface area contributed by atoms with Gasteiger partial charge in [0.2, 0.25) is 0 Å². The molecule has 0 bridgehead atoms. The zero-order valence-electron chi connectivity index (χ0n) is 10.6. The predicted molar refractivity (Wildman–Crippen MR) is 77.8 cm³/mol. The van der Waals surface area contributed by atoms with Crippen molar-refractivity contribution in [2.24, 2.45) is 0 Å². The van der Waals surface area contributed by atoms with E-state index < -0.39 is 6.10 Å². The van der Waals surface area contributed by atoms with Gasteiger partial charge in [-0.3, -0.25) is 4.79 Å². The standard InChI is InChI=1S/C15H13NO3S/c17-11(12-5-3-7-19-12)9-16-15(18)14-8-10-4-1-2-6-13(10)20-14/h1-8,11,17H,9H2,(H,16,18). The Hall–Kier alpha value is -2.11. The van der Waals surface area contributed by atoms with Crippen LogP contribution < -0.4 is 5.32 Å². The molecule has 0 saturated heterocycles. The molecule has 0 aliphatic carbocycles. The topological polar surface area (TPSA) is 62.5 Å². The van der Waals surface area contributed by atoms with Crippen LogP contribution in [0.15, 0.2) is 53.1 Å². The van der Waals surface area contributed by atoms with Gasteiger partial charge < -0.3 is 14.8 Å². The van der Waals surface area contributed by atoms with Crippen molar-refractivity contribution in [3.63, 3.8) is 0 Å². The minimum atomic E-state index is -0.830. The number of benzene rings is 1. The second kappa shape index (κ2) is 5.48. The Morgan fingerprint density at radius 1 is 1.30 bits per heavy atom. The third-order valence-electron chi connectivity index (χ3n) is 2.98. The van der Waals surface area contributed by atoms with Gasteiger partial charge in [0.25, 0.3) is 5.91 Å². The van der Waals surface area contributed by atoms with Gasteiger partial charge in [0.1, 0.15) is 11.9 Å². The molecule has 0 radical (unpaired) electrons. The zero-order chi connectivity index (χ0) is 13.9. The fourth-order valence-corrected chi connectivity index (χ4v) is 2.93. The first-order valence-electron chi connectivity index (χ1n) is 6.22. The predicted octanol–water partition coefficient (Wildman–Crippen LogP) is 2.96. The number of hydrogen-bond donors (Lipinski definition) is 2. The molecule has 2 N–H and O–H groups in total. The molecule has 0 fully saturated rings. The molecular weight excluding hydrogens is 274 g/mol. The minimum absolute atomic E-state index is 0.126. The van der Waals surface area contributed by atoms with Gasteiger partial charge in [-0.05, 0) is 29.7 Å². The zero-order valence-corrected chi connectivity index (χ0v) is 11.4. The van der Waals surface area contributed by atoms with Crippen LogP contribution >= 0.6 is 11.3 Å². The van der Waals surface area contributed by atoms with E-state index in [-0.39, 0.29) is 12.5 Å².